The lowest BCUT2D eigenvalue weighted by Crippen LogP contribution is -2.24. The van der Waals surface area contributed by atoms with E-state index >= 15 is 0 Å². The Morgan fingerprint density at radius 1 is 1.60 bits per heavy atom. The maximum Gasteiger partial charge on any atom is 0.312 e. The van der Waals surface area contributed by atoms with Gasteiger partial charge in [-0.3, -0.25) is 9.59 Å². The largest absolute Gasteiger partial charge is 0.481 e. The van der Waals surface area contributed by atoms with Crippen LogP contribution in [0.4, 0.5) is 0 Å². The first-order chi connectivity index (χ1) is 7.11. The number of aryl methyl sites for hydroxylation is 1. The number of carboxylic acid groups (broad SMARTS) is 1. The summed E-state index contributed by atoms with van der Waals surface area (Å²) in [7, 11) is 0. The monoisotopic (exact) mass is 228 g/mol. The van der Waals surface area contributed by atoms with Crippen molar-refractivity contribution in [3.8, 4) is 0 Å². The molecule has 0 aromatic carbocycles. The van der Waals surface area contributed by atoms with Gasteiger partial charge in [0.25, 0.3) is 0 Å². The highest BCUT2D eigenvalue weighted by molar-refractivity contribution is 7.11. The summed E-state index contributed by atoms with van der Waals surface area (Å²) in [5.74, 6) is -1.61. The molecule has 1 aromatic rings. The second kappa shape index (κ2) is 5.45. The zero-order chi connectivity index (χ0) is 11.3. The molecule has 0 radical (unpaired) electrons. The second-order valence-electron chi connectivity index (χ2n) is 2.92. The van der Waals surface area contributed by atoms with Gasteiger partial charge in [0.15, 0.2) is 0 Å². The van der Waals surface area contributed by atoms with Gasteiger partial charge in [-0.25, -0.2) is 4.98 Å². The van der Waals surface area contributed by atoms with Gasteiger partial charge in [-0.05, 0) is 6.42 Å². The van der Waals surface area contributed by atoms with Gasteiger partial charge in [0.1, 0.15) is 11.4 Å². The van der Waals surface area contributed by atoms with Gasteiger partial charge >= 0.3 is 5.97 Å². The molecular weight excluding hydrogens is 216 g/mol. The highest BCUT2D eigenvalue weighted by atomic mass is 32.1. The number of rotatable bonds is 5. The van der Waals surface area contributed by atoms with Crippen LogP contribution in [0, 0.1) is 0 Å². The van der Waals surface area contributed by atoms with Gasteiger partial charge in [-0.2, -0.15) is 0 Å². The van der Waals surface area contributed by atoms with Crippen molar-refractivity contribution in [2.45, 2.75) is 26.3 Å². The summed E-state index contributed by atoms with van der Waals surface area (Å²) in [6.07, 6.45) is 2.19. The van der Waals surface area contributed by atoms with Gasteiger partial charge in [0, 0.05) is 11.1 Å². The Bertz CT molecular complexity index is 362. The number of aromatic nitrogens is 1. The van der Waals surface area contributed by atoms with Crippen molar-refractivity contribution in [1.82, 2.24) is 10.3 Å². The van der Waals surface area contributed by atoms with E-state index in [4.69, 9.17) is 5.11 Å². The van der Waals surface area contributed by atoms with Crippen LogP contribution < -0.4 is 5.32 Å². The van der Waals surface area contributed by atoms with E-state index in [1.165, 1.54) is 11.3 Å². The maximum absolute atomic E-state index is 11.0. The quantitative estimate of drug-likeness (QED) is 0.730. The zero-order valence-corrected chi connectivity index (χ0v) is 9.13. The van der Waals surface area contributed by atoms with E-state index in [0.29, 0.717) is 6.54 Å². The molecule has 0 atom stereocenters. The number of carboxylic acids is 1. The molecule has 82 valence electrons. The van der Waals surface area contributed by atoms with E-state index in [9.17, 15) is 9.59 Å². The molecular formula is C9H12N2O3S. The standard InChI is InChI=1S/C9H12N2O3S/c1-2-6-4-11-8(15-6)5-10-7(12)3-9(13)14/h4H,2-3,5H2,1H3,(H,10,12)(H,13,14). The average molecular weight is 228 g/mol. The molecule has 0 unspecified atom stereocenters. The minimum Gasteiger partial charge on any atom is -0.481 e. The van der Waals surface area contributed by atoms with Crippen LogP contribution in [-0.2, 0) is 22.6 Å². The number of carbonyl (C=O) groups excluding carboxylic acids is 1. The van der Waals surface area contributed by atoms with E-state index < -0.39 is 18.3 Å². The van der Waals surface area contributed by atoms with Crippen LogP contribution in [0.25, 0.3) is 0 Å². The summed E-state index contributed by atoms with van der Waals surface area (Å²) >= 11 is 1.52. The molecule has 0 aliphatic heterocycles. The molecule has 1 amide bonds. The zero-order valence-electron chi connectivity index (χ0n) is 8.32. The number of hydrogen-bond donors (Lipinski definition) is 2. The molecule has 1 rings (SSSR count). The fourth-order valence-corrected chi connectivity index (χ4v) is 1.77. The van der Waals surface area contributed by atoms with Gasteiger partial charge < -0.3 is 10.4 Å². The van der Waals surface area contributed by atoms with Crippen LogP contribution in [0.5, 0.6) is 0 Å². The first kappa shape index (κ1) is 11.6. The van der Waals surface area contributed by atoms with Crippen LogP contribution in [0.1, 0.15) is 23.2 Å². The van der Waals surface area contributed by atoms with E-state index in [2.05, 4.69) is 10.3 Å². The maximum atomic E-state index is 11.0. The molecule has 0 aliphatic carbocycles. The number of carbonyl (C=O) groups is 2. The third-order valence-electron chi connectivity index (χ3n) is 1.70. The Morgan fingerprint density at radius 2 is 2.33 bits per heavy atom. The Kier molecular flexibility index (Phi) is 4.23. The second-order valence-corrected chi connectivity index (χ2v) is 4.12. The summed E-state index contributed by atoms with van der Waals surface area (Å²) in [5, 5.41) is 11.6. The van der Waals surface area contributed by atoms with Gasteiger partial charge in [0.2, 0.25) is 5.91 Å². The Labute approximate surface area is 91.1 Å². The molecule has 0 fully saturated rings. The molecule has 5 nitrogen and oxygen atoms in total. The van der Waals surface area contributed by atoms with Crippen molar-refractivity contribution in [3.05, 3.63) is 16.1 Å². The molecule has 15 heavy (non-hydrogen) atoms. The fourth-order valence-electron chi connectivity index (χ4n) is 0.967. The van der Waals surface area contributed by atoms with Crippen LogP contribution in [0.2, 0.25) is 0 Å². The summed E-state index contributed by atoms with van der Waals surface area (Å²) in [6.45, 7) is 2.33. The van der Waals surface area contributed by atoms with Crippen molar-refractivity contribution in [1.29, 1.82) is 0 Å². The predicted molar refractivity (Wildman–Crippen MR) is 55.6 cm³/mol. The first-order valence-electron chi connectivity index (χ1n) is 4.54. The predicted octanol–water partition coefficient (Wildman–Crippen LogP) is 0.796. The third-order valence-corrected chi connectivity index (χ3v) is 2.84. The molecule has 0 aliphatic rings. The highest BCUT2D eigenvalue weighted by Crippen LogP contribution is 2.12. The fraction of sp³-hybridized carbons (Fsp3) is 0.444. The van der Waals surface area contributed by atoms with Gasteiger partial charge in [-0.15, -0.1) is 11.3 Å². The number of nitrogens with zero attached hydrogens (tertiary/aromatic N) is 1. The van der Waals surface area contributed by atoms with Gasteiger partial charge in [0.05, 0.1) is 6.54 Å². The first-order valence-corrected chi connectivity index (χ1v) is 5.35. The van der Waals surface area contributed by atoms with Crippen molar-refractivity contribution >= 4 is 23.2 Å². The van der Waals surface area contributed by atoms with Crippen LogP contribution in [0.15, 0.2) is 6.20 Å². The molecule has 6 heteroatoms. The molecule has 1 heterocycles. The lowest BCUT2D eigenvalue weighted by molar-refractivity contribution is -0.140. The van der Waals surface area contributed by atoms with Crippen molar-refractivity contribution in [3.63, 3.8) is 0 Å². The average Bonchev–Trinajstić information content (AvgIpc) is 2.61. The summed E-state index contributed by atoms with van der Waals surface area (Å²) < 4.78 is 0. The van der Waals surface area contributed by atoms with Crippen molar-refractivity contribution < 1.29 is 14.7 Å². The van der Waals surface area contributed by atoms with Crippen LogP contribution in [0.3, 0.4) is 0 Å². The lowest BCUT2D eigenvalue weighted by Gasteiger charge is -1.99. The number of aliphatic carboxylic acids is 1. The summed E-state index contributed by atoms with van der Waals surface area (Å²) in [5.41, 5.74) is 0. The summed E-state index contributed by atoms with van der Waals surface area (Å²) in [6, 6.07) is 0. The normalized spacial score (nSPS) is 9.93. The lowest BCUT2D eigenvalue weighted by atomic mass is 10.4. The number of thiazole rings is 1. The summed E-state index contributed by atoms with van der Waals surface area (Å²) in [4.78, 5) is 26.4. The van der Waals surface area contributed by atoms with Crippen molar-refractivity contribution in [2.75, 3.05) is 0 Å². The molecule has 2 N–H and O–H groups in total. The number of hydrogen-bond acceptors (Lipinski definition) is 4. The van der Waals surface area contributed by atoms with Crippen LogP contribution in [-0.4, -0.2) is 22.0 Å². The van der Waals surface area contributed by atoms with Crippen LogP contribution >= 0.6 is 11.3 Å². The molecule has 0 saturated heterocycles. The minimum atomic E-state index is -1.12. The topological polar surface area (TPSA) is 79.3 Å². The number of nitrogens with one attached hydrogen (secondary N) is 1. The van der Waals surface area contributed by atoms with E-state index in [1.807, 2.05) is 6.92 Å². The van der Waals surface area contributed by atoms with E-state index in [-0.39, 0.29) is 0 Å². The van der Waals surface area contributed by atoms with E-state index in [0.717, 1.165) is 16.3 Å². The third kappa shape index (κ3) is 4.07. The highest BCUT2D eigenvalue weighted by Gasteiger charge is 2.07. The van der Waals surface area contributed by atoms with Gasteiger partial charge in [-0.1, -0.05) is 6.92 Å². The molecule has 1 aromatic heterocycles. The van der Waals surface area contributed by atoms with E-state index in [1.54, 1.807) is 6.20 Å². The Balaban J connectivity index is 2.36. The smallest absolute Gasteiger partial charge is 0.312 e. The number of amides is 1. The Morgan fingerprint density at radius 3 is 2.87 bits per heavy atom. The Hall–Kier alpha value is -1.43. The molecule has 0 saturated carbocycles. The van der Waals surface area contributed by atoms with Crippen molar-refractivity contribution in [2.24, 2.45) is 0 Å². The molecule has 0 spiro atoms. The SMILES string of the molecule is CCc1cnc(CNC(=O)CC(=O)O)s1. The minimum absolute atomic E-state index is 0.302. The molecule has 0 bridgehead atoms.